The lowest BCUT2D eigenvalue weighted by molar-refractivity contribution is -0.140. The van der Waals surface area contributed by atoms with Crippen LogP contribution in [0.1, 0.15) is 53.4 Å². The Labute approximate surface area is 190 Å². The number of likely N-dealkylation sites (tertiary alicyclic amines) is 1. The number of hydrogen-bond acceptors (Lipinski definition) is 6. The zero-order valence-electron chi connectivity index (χ0n) is 18.3. The fourth-order valence-electron chi connectivity index (χ4n) is 4.18. The zero-order valence-corrected chi connectivity index (χ0v) is 18.3. The predicted molar refractivity (Wildman–Crippen MR) is 117 cm³/mol. The summed E-state index contributed by atoms with van der Waals surface area (Å²) in [4.78, 5) is 31.3. The van der Waals surface area contributed by atoms with E-state index in [1.807, 2.05) is 0 Å². The van der Waals surface area contributed by atoms with E-state index in [0.717, 1.165) is 18.4 Å². The van der Waals surface area contributed by atoms with Crippen LogP contribution in [0.4, 0.5) is 4.39 Å². The Morgan fingerprint density at radius 1 is 1.06 bits per heavy atom. The molecule has 3 aromatic rings. The van der Waals surface area contributed by atoms with Gasteiger partial charge in [-0.05, 0) is 55.4 Å². The Kier molecular flexibility index (Phi) is 5.66. The summed E-state index contributed by atoms with van der Waals surface area (Å²) in [5, 5.41) is 3.88. The van der Waals surface area contributed by atoms with E-state index in [0.29, 0.717) is 54.7 Å². The number of esters is 1. The molecular formula is C25H24FN3O4. The summed E-state index contributed by atoms with van der Waals surface area (Å²) in [5.41, 5.74) is 2.03. The highest BCUT2D eigenvalue weighted by atomic mass is 19.1. The van der Waals surface area contributed by atoms with Crippen LogP contribution in [0, 0.1) is 18.7 Å². The van der Waals surface area contributed by atoms with E-state index in [9.17, 15) is 14.0 Å². The summed E-state index contributed by atoms with van der Waals surface area (Å²) in [6.07, 6.45) is 3.03. The van der Waals surface area contributed by atoms with Crippen LogP contribution in [0.15, 0.2) is 47.0 Å². The minimum absolute atomic E-state index is 0.0876. The molecule has 33 heavy (non-hydrogen) atoms. The number of carbonyl (C=O) groups is 2. The second-order valence-electron chi connectivity index (χ2n) is 8.66. The number of halogens is 1. The number of rotatable bonds is 5. The highest BCUT2D eigenvalue weighted by molar-refractivity contribution is 5.94. The Morgan fingerprint density at radius 2 is 1.79 bits per heavy atom. The summed E-state index contributed by atoms with van der Waals surface area (Å²) >= 11 is 0. The Hall–Kier alpha value is -3.55. The molecule has 0 spiro atoms. The van der Waals surface area contributed by atoms with Crippen LogP contribution in [0.25, 0.3) is 11.4 Å². The van der Waals surface area contributed by atoms with E-state index in [1.165, 1.54) is 6.07 Å². The Bertz CT molecular complexity index is 1180. The van der Waals surface area contributed by atoms with Gasteiger partial charge in [-0.3, -0.25) is 9.59 Å². The molecule has 0 atom stereocenters. The normalized spacial score (nSPS) is 16.6. The molecule has 2 heterocycles. The smallest absolute Gasteiger partial charge is 0.314 e. The fourth-order valence-corrected chi connectivity index (χ4v) is 4.18. The van der Waals surface area contributed by atoms with Crippen molar-refractivity contribution in [3.63, 3.8) is 0 Å². The van der Waals surface area contributed by atoms with E-state index in [-0.39, 0.29) is 29.4 Å². The third-order valence-electron chi connectivity index (χ3n) is 6.24. The van der Waals surface area contributed by atoms with Gasteiger partial charge in [-0.2, -0.15) is 4.98 Å². The van der Waals surface area contributed by atoms with Gasteiger partial charge in [0.05, 0.1) is 5.92 Å². The average molecular weight is 449 g/mol. The van der Waals surface area contributed by atoms with Gasteiger partial charge in [0.25, 0.3) is 5.91 Å². The minimum Gasteiger partial charge on any atom is -0.426 e. The highest BCUT2D eigenvalue weighted by Crippen LogP contribution is 2.42. The second-order valence-corrected chi connectivity index (χ2v) is 8.66. The Morgan fingerprint density at radius 3 is 2.39 bits per heavy atom. The molecule has 2 aromatic carbocycles. The number of nitrogens with zero attached hydrogens (tertiary/aromatic N) is 3. The van der Waals surface area contributed by atoms with Crippen molar-refractivity contribution in [2.45, 2.75) is 38.5 Å². The lowest BCUT2D eigenvalue weighted by atomic mass is 9.96. The average Bonchev–Trinajstić information content (AvgIpc) is 3.58. The largest absolute Gasteiger partial charge is 0.426 e. The maximum absolute atomic E-state index is 14.2. The molecule has 1 saturated carbocycles. The molecule has 2 fully saturated rings. The molecule has 1 saturated heterocycles. The third kappa shape index (κ3) is 4.65. The number of benzene rings is 2. The van der Waals surface area contributed by atoms with Crippen LogP contribution in [0.2, 0.25) is 0 Å². The summed E-state index contributed by atoms with van der Waals surface area (Å²) in [5.74, 6) is 0.400. The van der Waals surface area contributed by atoms with Gasteiger partial charge < -0.3 is 14.2 Å². The number of ether oxygens (including phenoxy) is 1. The van der Waals surface area contributed by atoms with Gasteiger partial charge in [0.1, 0.15) is 11.6 Å². The molecule has 0 radical (unpaired) electrons. The van der Waals surface area contributed by atoms with Gasteiger partial charge in [0.2, 0.25) is 11.7 Å². The molecule has 1 amide bonds. The van der Waals surface area contributed by atoms with Crippen LogP contribution < -0.4 is 4.74 Å². The number of carbonyl (C=O) groups excluding carboxylic acids is 2. The first kappa shape index (κ1) is 21.3. The lowest BCUT2D eigenvalue weighted by Gasteiger charge is -2.31. The van der Waals surface area contributed by atoms with Crippen LogP contribution in [-0.2, 0) is 4.79 Å². The maximum atomic E-state index is 14.2. The van der Waals surface area contributed by atoms with Crippen LogP contribution in [-0.4, -0.2) is 40.0 Å². The van der Waals surface area contributed by atoms with E-state index in [2.05, 4.69) is 10.1 Å². The summed E-state index contributed by atoms with van der Waals surface area (Å²) < 4.78 is 24.6. The van der Waals surface area contributed by atoms with Crippen LogP contribution in [0.3, 0.4) is 0 Å². The first-order valence-electron chi connectivity index (χ1n) is 11.2. The van der Waals surface area contributed by atoms with E-state index in [4.69, 9.17) is 9.26 Å². The van der Waals surface area contributed by atoms with Crippen molar-refractivity contribution in [1.29, 1.82) is 0 Å². The summed E-state index contributed by atoms with van der Waals surface area (Å²) in [6, 6.07) is 11.7. The number of aryl methyl sites for hydroxylation is 1. The van der Waals surface area contributed by atoms with E-state index >= 15 is 0 Å². The highest BCUT2D eigenvalue weighted by Gasteiger charge is 2.30. The van der Waals surface area contributed by atoms with Crippen molar-refractivity contribution in [2.24, 2.45) is 5.92 Å². The SMILES string of the molecule is Cc1nc(-c2ccc(C(=O)N3CCC(C(=O)Oc4ccc(C5CC5)c(F)c4)CC3)cc2)no1. The van der Waals surface area contributed by atoms with Gasteiger partial charge in [0.15, 0.2) is 0 Å². The van der Waals surface area contributed by atoms with Crippen molar-refractivity contribution in [3.8, 4) is 17.1 Å². The van der Waals surface area contributed by atoms with Crippen molar-refractivity contribution in [2.75, 3.05) is 13.1 Å². The zero-order chi connectivity index (χ0) is 22.9. The molecule has 1 aliphatic heterocycles. The Balaban J connectivity index is 1.15. The number of piperidine rings is 1. The predicted octanol–water partition coefficient (Wildman–Crippen LogP) is 4.52. The molecular weight excluding hydrogens is 425 g/mol. The monoisotopic (exact) mass is 449 g/mol. The first-order chi connectivity index (χ1) is 16.0. The van der Waals surface area contributed by atoms with Gasteiger partial charge >= 0.3 is 5.97 Å². The number of amides is 1. The third-order valence-corrected chi connectivity index (χ3v) is 6.24. The topological polar surface area (TPSA) is 85.5 Å². The molecule has 2 aliphatic rings. The summed E-state index contributed by atoms with van der Waals surface area (Å²) in [7, 11) is 0. The van der Waals surface area contributed by atoms with Gasteiger partial charge in [-0.1, -0.05) is 23.4 Å². The number of aromatic nitrogens is 2. The van der Waals surface area contributed by atoms with Gasteiger partial charge in [-0.25, -0.2) is 4.39 Å². The molecule has 7 nitrogen and oxygen atoms in total. The summed E-state index contributed by atoms with van der Waals surface area (Å²) in [6.45, 7) is 2.63. The van der Waals surface area contributed by atoms with E-state index < -0.39 is 0 Å². The van der Waals surface area contributed by atoms with Crippen molar-refractivity contribution in [1.82, 2.24) is 15.0 Å². The lowest BCUT2D eigenvalue weighted by Crippen LogP contribution is -2.41. The first-order valence-corrected chi connectivity index (χ1v) is 11.2. The number of hydrogen-bond donors (Lipinski definition) is 0. The van der Waals surface area contributed by atoms with Gasteiger partial charge in [0, 0.05) is 37.2 Å². The second kappa shape index (κ2) is 8.77. The van der Waals surface area contributed by atoms with E-state index in [1.54, 1.807) is 48.2 Å². The van der Waals surface area contributed by atoms with Crippen molar-refractivity contribution in [3.05, 3.63) is 65.3 Å². The molecule has 0 N–H and O–H groups in total. The quantitative estimate of drug-likeness (QED) is 0.421. The molecule has 0 bridgehead atoms. The van der Waals surface area contributed by atoms with Crippen LogP contribution in [0.5, 0.6) is 5.75 Å². The molecule has 5 rings (SSSR count). The van der Waals surface area contributed by atoms with Crippen molar-refractivity contribution < 1.29 is 23.2 Å². The molecule has 1 aliphatic carbocycles. The molecule has 0 unspecified atom stereocenters. The minimum atomic E-state index is -0.375. The fraction of sp³-hybridized carbons (Fsp3) is 0.360. The molecule has 170 valence electrons. The van der Waals surface area contributed by atoms with Gasteiger partial charge in [-0.15, -0.1) is 0 Å². The maximum Gasteiger partial charge on any atom is 0.314 e. The van der Waals surface area contributed by atoms with Crippen LogP contribution >= 0.6 is 0 Å². The molecule has 8 heteroatoms. The standard InChI is InChI=1S/C25H24FN3O4/c1-15-27-23(28-33-15)17-4-6-18(7-5-17)24(30)29-12-10-19(11-13-29)25(31)32-20-8-9-21(16-2-3-16)22(26)14-20/h4-9,14,16,19H,2-3,10-13H2,1H3. The molecule has 1 aromatic heterocycles. The van der Waals surface area contributed by atoms with Crippen molar-refractivity contribution >= 4 is 11.9 Å².